The summed E-state index contributed by atoms with van der Waals surface area (Å²) in [6, 6.07) is 0.573. The van der Waals surface area contributed by atoms with Crippen molar-refractivity contribution in [2.24, 2.45) is 7.05 Å². The van der Waals surface area contributed by atoms with E-state index in [1.54, 1.807) is 0 Å². The van der Waals surface area contributed by atoms with Crippen LogP contribution in [0.25, 0.3) is 0 Å². The standard InChI is InChI=1S/C14H22N4OS/c1-17-9-11(8-16-17)13-3-2-5-18(13)14(19)7-12-10-20-6-4-15-12/h8-9,12-13,15H,2-7,10H2,1H3. The maximum atomic E-state index is 12.6. The van der Waals surface area contributed by atoms with Crippen molar-refractivity contribution in [3.8, 4) is 0 Å². The molecule has 0 spiro atoms. The molecule has 2 unspecified atom stereocenters. The Balaban J connectivity index is 1.63. The SMILES string of the molecule is Cn1cc(C2CCCN2C(=O)CC2CSCCN2)cn1. The Morgan fingerprint density at radius 3 is 3.20 bits per heavy atom. The molecule has 0 aliphatic carbocycles. The molecule has 3 heterocycles. The Morgan fingerprint density at radius 2 is 2.50 bits per heavy atom. The van der Waals surface area contributed by atoms with E-state index in [1.807, 2.05) is 35.9 Å². The molecule has 20 heavy (non-hydrogen) atoms. The van der Waals surface area contributed by atoms with Gasteiger partial charge in [-0.3, -0.25) is 9.48 Å². The van der Waals surface area contributed by atoms with Crippen molar-refractivity contribution in [1.29, 1.82) is 0 Å². The number of amides is 1. The van der Waals surface area contributed by atoms with Gasteiger partial charge in [0.25, 0.3) is 0 Å². The van der Waals surface area contributed by atoms with Gasteiger partial charge in [0.15, 0.2) is 0 Å². The molecule has 2 fully saturated rings. The molecular weight excluding hydrogens is 272 g/mol. The zero-order valence-electron chi connectivity index (χ0n) is 11.9. The lowest BCUT2D eigenvalue weighted by Gasteiger charge is -2.28. The van der Waals surface area contributed by atoms with E-state index in [1.165, 1.54) is 5.56 Å². The monoisotopic (exact) mass is 294 g/mol. The molecule has 1 aromatic rings. The van der Waals surface area contributed by atoms with Crippen LogP contribution in [0.15, 0.2) is 12.4 Å². The van der Waals surface area contributed by atoms with E-state index in [0.717, 1.165) is 37.4 Å². The topological polar surface area (TPSA) is 50.2 Å². The van der Waals surface area contributed by atoms with Crippen LogP contribution in [0.3, 0.4) is 0 Å². The lowest BCUT2D eigenvalue weighted by molar-refractivity contribution is -0.132. The van der Waals surface area contributed by atoms with Crippen LogP contribution in [0.4, 0.5) is 0 Å². The number of hydrogen-bond donors (Lipinski definition) is 1. The predicted molar refractivity (Wildman–Crippen MR) is 80.6 cm³/mol. The minimum atomic E-state index is 0.229. The maximum absolute atomic E-state index is 12.6. The van der Waals surface area contributed by atoms with Crippen LogP contribution in [0.2, 0.25) is 0 Å². The zero-order valence-corrected chi connectivity index (χ0v) is 12.7. The van der Waals surface area contributed by atoms with Crippen molar-refractivity contribution in [2.75, 3.05) is 24.6 Å². The Kier molecular flexibility index (Phi) is 4.31. The number of thioether (sulfide) groups is 1. The van der Waals surface area contributed by atoms with E-state index in [2.05, 4.69) is 15.3 Å². The molecule has 1 N–H and O–H groups in total. The van der Waals surface area contributed by atoms with Crippen molar-refractivity contribution in [2.45, 2.75) is 31.3 Å². The average molecular weight is 294 g/mol. The molecule has 0 bridgehead atoms. The quantitative estimate of drug-likeness (QED) is 0.909. The lowest BCUT2D eigenvalue weighted by atomic mass is 10.1. The number of aromatic nitrogens is 2. The smallest absolute Gasteiger partial charge is 0.224 e. The third-order valence-corrected chi connectivity index (χ3v) is 5.23. The van der Waals surface area contributed by atoms with Crippen LogP contribution in [-0.4, -0.2) is 51.2 Å². The molecule has 5 nitrogen and oxygen atoms in total. The molecule has 1 aromatic heterocycles. The number of carbonyl (C=O) groups excluding carboxylic acids is 1. The van der Waals surface area contributed by atoms with E-state index in [0.29, 0.717) is 12.5 Å². The van der Waals surface area contributed by atoms with Gasteiger partial charge in [-0.2, -0.15) is 16.9 Å². The van der Waals surface area contributed by atoms with Gasteiger partial charge in [-0.15, -0.1) is 0 Å². The molecule has 2 aliphatic heterocycles. The Hall–Kier alpha value is -1.01. The molecule has 0 radical (unpaired) electrons. The van der Waals surface area contributed by atoms with E-state index in [4.69, 9.17) is 0 Å². The maximum Gasteiger partial charge on any atom is 0.224 e. The van der Waals surface area contributed by atoms with Gasteiger partial charge in [-0.05, 0) is 12.8 Å². The van der Waals surface area contributed by atoms with Crippen molar-refractivity contribution >= 4 is 17.7 Å². The van der Waals surface area contributed by atoms with Gasteiger partial charge >= 0.3 is 0 Å². The second-order valence-corrected chi connectivity index (χ2v) is 6.77. The van der Waals surface area contributed by atoms with Crippen LogP contribution < -0.4 is 5.32 Å². The first-order chi connectivity index (χ1) is 9.74. The minimum absolute atomic E-state index is 0.229. The fourth-order valence-electron chi connectivity index (χ4n) is 3.10. The number of nitrogens with one attached hydrogen (secondary N) is 1. The summed E-state index contributed by atoms with van der Waals surface area (Å²) in [5.74, 6) is 2.50. The first-order valence-corrected chi connectivity index (χ1v) is 8.48. The molecule has 2 atom stereocenters. The highest BCUT2D eigenvalue weighted by Crippen LogP contribution is 2.32. The molecule has 2 saturated heterocycles. The molecule has 1 amide bonds. The summed E-state index contributed by atoms with van der Waals surface area (Å²) >= 11 is 1.94. The van der Waals surface area contributed by atoms with Gasteiger partial charge in [0.1, 0.15) is 0 Å². The molecular formula is C14H22N4OS. The molecule has 0 saturated carbocycles. The van der Waals surface area contributed by atoms with Crippen molar-refractivity contribution in [3.05, 3.63) is 18.0 Å². The highest BCUT2D eigenvalue weighted by molar-refractivity contribution is 7.99. The van der Waals surface area contributed by atoms with Gasteiger partial charge in [-0.25, -0.2) is 0 Å². The van der Waals surface area contributed by atoms with Crippen LogP contribution in [-0.2, 0) is 11.8 Å². The number of rotatable bonds is 3. The summed E-state index contributed by atoms with van der Waals surface area (Å²) in [6.07, 6.45) is 6.71. The second kappa shape index (κ2) is 6.18. The van der Waals surface area contributed by atoms with Crippen molar-refractivity contribution < 1.29 is 4.79 Å². The molecule has 6 heteroatoms. The highest BCUT2D eigenvalue weighted by atomic mass is 32.2. The van der Waals surface area contributed by atoms with Gasteiger partial charge in [-0.1, -0.05) is 0 Å². The normalized spacial score (nSPS) is 26.9. The Bertz CT molecular complexity index is 469. The third-order valence-electron chi connectivity index (χ3n) is 4.10. The molecule has 0 aromatic carbocycles. The molecule has 110 valence electrons. The van der Waals surface area contributed by atoms with Crippen LogP contribution in [0, 0.1) is 0 Å². The second-order valence-electron chi connectivity index (χ2n) is 5.62. The summed E-state index contributed by atoms with van der Waals surface area (Å²) in [6.45, 7) is 1.91. The Morgan fingerprint density at radius 1 is 1.60 bits per heavy atom. The third kappa shape index (κ3) is 3.01. The van der Waals surface area contributed by atoms with E-state index < -0.39 is 0 Å². The van der Waals surface area contributed by atoms with Crippen LogP contribution in [0.5, 0.6) is 0 Å². The summed E-state index contributed by atoms with van der Waals surface area (Å²) in [5, 5.41) is 7.68. The van der Waals surface area contributed by atoms with E-state index in [-0.39, 0.29) is 11.9 Å². The number of likely N-dealkylation sites (tertiary alicyclic amines) is 1. The van der Waals surface area contributed by atoms with Crippen molar-refractivity contribution in [3.63, 3.8) is 0 Å². The molecule has 3 rings (SSSR count). The van der Waals surface area contributed by atoms with E-state index in [9.17, 15) is 4.79 Å². The van der Waals surface area contributed by atoms with Crippen LogP contribution in [0.1, 0.15) is 30.9 Å². The minimum Gasteiger partial charge on any atom is -0.335 e. The number of aryl methyl sites for hydroxylation is 1. The number of nitrogens with zero attached hydrogens (tertiary/aromatic N) is 3. The van der Waals surface area contributed by atoms with Gasteiger partial charge in [0.05, 0.1) is 12.2 Å². The van der Waals surface area contributed by atoms with Gasteiger partial charge in [0.2, 0.25) is 5.91 Å². The summed E-state index contributed by atoms with van der Waals surface area (Å²) < 4.78 is 1.82. The predicted octanol–water partition coefficient (Wildman–Crippen LogP) is 1.18. The highest BCUT2D eigenvalue weighted by Gasteiger charge is 2.31. The average Bonchev–Trinajstić information content (AvgIpc) is 3.08. The van der Waals surface area contributed by atoms with Crippen molar-refractivity contribution in [1.82, 2.24) is 20.0 Å². The van der Waals surface area contributed by atoms with Gasteiger partial charge in [0, 0.05) is 55.9 Å². The summed E-state index contributed by atoms with van der Waals surface area (Å²) in [5.41, 5.74) is 1.17. The first-order valence-electron chi connectivity index (χ1n) is 7.33. The van der Waals surface area contributed by atoms with Crippen LogP contribution >= 0.6 is 11.8 Å². The fraction of sp³-hybridized carbons (Fsp3) is 0.714. The number of hydrogen-bond acceptors (Lipinski definition) is 4. The van der Waals surface area contributed by atoms with E-state index >= 15 is 0 Å². The summed E-state index contributed by atoms with van der Waals surface area (Å²) in [4.78, 5) is 14.6. The largest absolute Gasteiger partial charge is 0.335 e. The first kappa shape index (κ1) is 13.9. The Labute approximate surface area is 124 Å². The lowest BCUT2D eigenvalue weighted by Crippen LogP contribution is -2.42. The zero-order chi connectivity index (χ0) is 13.9. The fourth-order valence-corrected chi connectivity index (χ4v) is 4.05. The summed E-state index contributed by atoms with van der Waals surface area (Å²) in [7, 11) is 1.92. The van der Waals surface area contributed by atoms with Gasteiger partial charge < -0.3 is 10.2 Å². The molecule has 2 aliphatic rings. The number of carbonyl (C=O) groups is 1.